The molecule has 1 aromatic heterocycles. The van der Waals surface area contributed by atoms with Gasteiger partial charge in [0.05, 0.1) is 18.9 Å². The van der Waals surface area contributed by atoms with Crippen LogP contribution in [-0.4, -0.2) is 28.5 Å². The topological polar surface area (TPSA) is 90.1 Å². The summed E-state index contributed by atoms with van der Waals surface area (Å²) in [6.45, 7) is 0.430. The van der Waals surface area contributed by atoms with Gasteiger partial charge in [-0.2, -0.15) is 0 Å². The van der Waals surface area contributed by atoms with Crippen LogP contribution in [0.15, 0.2) is 36.7 Å². The summed E-state index contributed by atoms with van der Waals surface area (Å²) >= 11 is 0. The Balaban J connectivity index is 1.56. The van der Waals surface area contributed by atoms with Crippen LogP contribution in [0.5, 0.6) is 5.75 Å². The predicted molar refractivity (Wildman–Crippen MR) is 73.3 cm³/mol. The highest BCUT2D eigenvalue weighted by molar-refractivity contribution is 5.92. The Kier molecular flexibility index (Phi) is 3.20. The number of para-hydroxylation sites is 1. The highest BCUT2D eigenvalue weighted by Crippen LogP contribution is 2.27. The summed E-state index contributed by atoms with van der Waals surface area (Å²) in [7, 11) is 0. The first-order chi connectivity index (χ1) is 9.72. The maximum Gasteiger partial charge on any atom is 0.271 e. The molecule has 102 valence electrons. The summed E-state index contributed by atoms with van der Waals surface area (Å²) < 4.78 is 5.74. The van der Waals surface area contributed by atoms with Gasteiger partial charge in [0.15, 0.2) is 0 Å². The molecule has 6 heteroatoms. The van der Waals surface area contributed by atoms with Gasteiger partial charge in [0.2, 0.25) is 0 Å². The fraction of sp³-hybridized carbons (Fsp3) is 0.214. The number of anilines is 1. The second kappa shape index (κ2) is 5.16. The number of nitrogen functional groups attached to an aromatic ring is 1. The molecule has 0 radical (unpaired) electrons. The third-order valence-electron chi connectivity index (χ3n) is 3.11. The van der Waals surface area contributed by atoms with E-state index in [1.54, 1.807) is 0 Å². The molecule has 1 aliphatic heterocycles. The van der Waals surface area contributed by atoms with Gasteiger partial charge in [-0.15, -0.1) is 0 Å². The molecule has 20 heavy (non-hydrogen) atoms. The summed E-state index contributed by atoms with van der Waals surface area (Å²) in [5.74, 6) is 0.896. The number of carbonyl (C=O) groups is 1. The summed E-state index contributed by atoms with van der Waals surface area (Å²) in [6.07, 6.45) is 3.47. The smallest absolute Gasteiger partial charge is 0.271 e. The number of nitrogens with zero attached hydrogens (tertiary/aromatic N) is 2. The van der Waals surface area contributed by atoms with Gasteiger partial charge in [0.1, 0.15) is 23.4 Å². The number of carbonyl (C=O) groups excluding carboxylic acids is 1. The Bertz CT molecular complexity index is 602. The van der Waals surface area contributed by atoms with Crippen molar-refractivity contribution < 1.29 is 9.53 Å². The maximum absolute atomic E-state index is 11.9. The zero-order valence-electron chi connectivity index (χ0n) is 10.7. The third-order valence-corrected chi connectivity index (χ3v) is 3.11. The third kappa shape index (κ3) is 2.54. The number of nitrogens with one attached hydrogen (secondary N) is 1. The second-order valence-corrected chi connectivity index (χ2v) is 4.59. The van der Waals surface area contributed by atoms with E-state index in [1.807, 2.05) is 24.3 Å². The summed E-state index contributed by atoms with van der Waals surface area (Å²) in [6, 6.07) is 7.88. The zero-order valence-corrected chi connectivity index (χ0v) is 10.7. The van der Waals surface area contributed by atoms with Crippen LogP contribution in [0.25, 0.3) is 0 Å². The van der Waals surface area contributed by atoms with Crippen LogP contribution in [0.3, 0.4) is 0 Å². The molecule has 3 N–H and O–H groups in total. The highest BCUT2D eigenvalue weighted by atomic mass is 16.5. The molecule has 1 unspecified atom stereocenters. The average Bonchev–Trinajstić information content (AvgIpc) is 2.88. The van der Waals surface area contributed by atoms with Crippen LogP contribution >= 0.6 is 0 Å². The quantitative estimate of drug-likeness (QED) is 0.860. The fourth-order valence-corrected chi connectivity index (χ4v) is 2.12. The van der Waals surface area contributed by atoms with Gasteiger partial charge in [-0.25, -0.2) is 9.97 Å². The number of benzene rings is 1. The van der Waals surface area contributed by atoms with Crippen molar-refractivity contribution in [2.45, 2.75) is 12.5 Å². The molecular weight excluding hydrogens is 256 g/mol. The SMILES string of the molecule is Nc1cnc(C(=O)NCC2Cc3ccccc3O2)cn1. The molecule has 6 nitrogen and oxygen atoms in total. The molecule has 1 aliphatic rings. The van der Waals surface area contributed by atoms with E-state index in [2.05, 4.69) is 15.3 Å². The zero-order chi connectivity index (χ0) is 13.9. The number of hydrogen-bond donors (Lipinski definition) is 2. The minimum Gasteiger partial charge on any atom is -0.488 e. The summed E-state index contributed by atoms with van der Waals surface area (Å²) in [5.41, 5.74) is 6.83. The number of ether oxygens (including phenoxy) is 1. The Morgan fingerprint density at radius 2 is 2.20 bits per heavy atom. The molecule has 0 aliphatic carbocycles. The van der Waals surface area contributed by atoms with Crippen molar-refractivity contribution in [1.82, 2.24) is 15.3 Å². The summed E-state index contributed by atoms with van der Waals surface area (Å²) in [4.78, 5) is 19.6. The lowest BCUT2D eigenvalue weighted by Gasteiger charge is -2.11. The van der Waals surface area contributed by atoms with E-state index in [0.29, 0.717) is 6.54 Å². The fourth-order valence-electron chi connectivity index (χ4n) is 2.12. The van der Waals surface area contributed by atoms with Crippen LogP contribution in [0.1, 0.15) is 16.1 Å². The molecule has 2 aromatic rings. The first-order valence-corrected chi connectivity index (χ1v) is 6.32. The van der Waals surface area contributed by atoms with Gasteiger partial charge >= 0.3 is 0 Å². The van der Waals surface area contributed by atoms with E-state index in [9.17, 15) is 4.79 Å². The van der Waals surface area contributed by atoms with Gasteiger partial charge < -0.3 is 15.8 Å². The van der Waals surface area contributed by atoms with Crippen molar-refractivity contribution in [2.24, 2.45) is 0 Å². The van der Waals surface area contributed by atoms with Crippen LogP contribution in [-0.2, 0) is 6.42 Å². The van der Waals surface area contributed by atoms with Gasteiger partial charge in [-0.3, -0.25) is 4.79 Å². The van der Waals surface area contributed by atoms with Crippen molar-refractivity contribution in [3.8, 4) is 5.75 Å². The normalized spacial score (nSPS) is 16.3. The molecule has 2 heterocycles. The molecule has 3 rings (SSSR count). The molecule has 0 spiro atoms. The van der Waals surface area contributed by atoms with Crippen LogP contribution in [0.4, 0.5) is 5.82 Å². The van der Waals surface area contributed by atoms with Gasteiger partial charge in [-0.05, 0) is 11.6 Å². The second-order valence-electron chi connectivity index (χ2n) is 4.59. The lowest BCUT2D eigenvalue weighted by atomic mass is 10.1. The minimum absolute atomic E-state index is 0.0434. The molecule has 0 saturated carbocycles. The van der Waals surface area contributed by atoms with Crippen molar-refractivity contribution >= 4 is 11.7 Å². The lowest BCUT2D eigenvalue weighted by molar-refractivity contribution is 0.0928. The number of hydrogen-bond acceptors (Lipinski definition) is 5. The number of amides is 1. The summed E-state index contributed by atoms with van der Waals surface area (Å²) in [5, 5.41) is 2.79. The number of fused-ring (bicyclic) bond motifs is 1. The Morgan fingerprint density at radius 1 is 1.35 bits per heavy atom. The molecule has 1 amide bonds. The van der Waals surface area contributed by atoms with E-state index in [0.717, 1.165) is 12.2 Å². The molecule has 0 fully saturated rings. The number of rotatable bonds is 3. The van der Waals surface area contributed by atoms with E-state index in [1.165, 1.54) is 18.0 Å². The Morgan fingerprint density at radius 3 is 2.95 bits per heavy atom. The van der Waals surface area contributed by atoms with E-state index >= 15 is 0 Å². The predicted octanol–water partition coefficient (Wildman–Crippen LogP) is 0.792. The van der Waals surface area contributed by atoms with Crippen molar-refractivity contribution in [2.75, 3.05) is 12.3 Å². The molecule has 1 aromatic carbocycles. The van der Waals surface area contributed by atoms with Crippen LogP contribution in [0, 0.1) is 0 Å². The number of nitrogens with two attached hydrogens (primary N) is 1. The molecular formula is C14H14N4O2. The standard InChI is InChI=1S/C14H14N4O2/c15-13-8-16-11(7-17-13)14(19)18-6-10-5-9-3-1-2-4-12(9)20-10/h1-4,7-8,10H,5-6H2,(H2,15,17)(H,18,19). The van der Waals surface area contributed by atoms with Crippen LogP contribution in [0.2, 0.25) is 0 Å². The van der Waals surface area contributed by atoms with Crippen molar-refractivity contribution in [1.29, 1.82) is 0 Å². The molecule has 0 saturated heterocycles. The van der Waals surface area contributed by atoms with Gasteiger partial charge in [-0.1, -0.05) is 18.2 Å². The lowest BCUT2D eigenvalue weighted by Crippen LogP contribution is -2.34. The van der Waals surface area contributed by atoms with Crippen molar-refractivity contribution in [3.05, 3.63) is 47.9 Å². The van der Waals surface area contributed by atoms with E-state index in [4.69, 9.17) is 10.5 Å². The van der Waals surface area contributed by atoms with Gasteiger partial charge in [0, 0.05) is 6.42 Å². The highest BCUT2D eigenvalue weighted by Gasteiger charge is 2.22. The maximum atomic E-state index is 11.9. The molecule has 1 atom stereocenters. The minimum atomic E-state index is -0.281. The largest absolute Gasteiger partial charge is 0.488 e. The van der Waals surface area contributed by atoms with Gasteiger partial charge in [0.25, 0.3) is 5.91 Å². The first kappa shape index (κ1) is 12.4. The van der Waals surface area contributed by atoms with Crippen LogP contribution < -0.4 is 15.8 Å². The van der Waals surface area contributed by atoms with Crippen molar-refractivity contribution in [3.63, 3.8) is 0 Å². The average molecular weight is 270 g/mol. The number of aromatic nitrogens is 2. The monoisotopic (exact) mass is 270 g/mol. The van der Waals surface area contributed by atoms with E-state index < -0.39 is 0 Å². The van der Waals surface area contributed by atoms with E-state index in [-0.39, 0.29) is 23.5 Å². The first-order valence-electron chi connectivity index (χ1n) is 6.32. The molecule has 0 bridgehead atoms. The Hall–Kier alpha value is -2.63. The Labute approximate surface area is 116 Å².